The second-order valence-electron chi connectivity index (χ2n) is 7.24. The molecule has 0 saturated heterocycles. The molecule has 0 aromatic heterocycles. The molecule has 0 aliphatic heterocycles. The highest BCUT2D eigenvalue weighted by atomic mass is 19.1. The van der Waals surface area contributed by atoms with Crippen molar-refractivity contribution in [2.75, 3.05) is 13.6 Å². The molecule has 0 spiro atoms. The van der Waals surface area contributed by atoms with Crippen LogP contribution in [0.1, 0.15) is 50.2 Å². The van der Waals surface area contributed by atoms with Crippen LogP contribution in [0, 0.1) is 17.6 Å². The van der Waals surface area contributed by atoms with E-state index >= 15 is 0 Å². The number of carbonyl (C=O) groups is 1. The van der Waals surface area contributed by atoms with Gasteiger partial charge >= 0.3 is 0 Å². The van der Waals surface area contributed by atoms with Gasteiger partial charge in [-0.05, 0) is 61.2 Å². The summed E-state index contributed by atoms with van der Waals surface area (Å²) in [5.41, 5.74) is 1.96. The van der Waals surface area contributed by atoms with Crippen molar-refractivity contribution < 1.29 is 13.6 Å². The molecule has 0 saturated carbocycles. The van der Waals surface area contributed by atoms with Gasteiger partial charge < -0.3 is 10.6 Å². The highest BCUT2D eigenvalue weighted by Crippen LogP contribution is 2.29. The van der Waals surface area contributed by atoms with E-state index in [9.17, 15) is 13.6 Å². The van der Waals surface area contributed by atoms with Crippen LogP contribution in [0.5, 0.6) is 0 Å². The topological polar surface area (TPSA) is 41.1 Å². The molecule has 0 bridgehead atoms. The lowest BCUT2D eigenvalue weighted by Gasteiger charge is -2.22. The number of amides is 1. The summed E-state index contributed by atoms with van der Waals surface area (Å²) in [7, 11) is 1.80. The molecule has 1 unspecified atom stereocenters. The standard InChI is InChI=1S/C23H30F2N2O/c1-4-16(2)22(26-3)23(28)27-15-5-6-21(17-7-11-19(24)12-8-17)18-9-13-20(25)14-10-18/h7-14,16,21-22,26H,4-6,15H2,1-3H3,(H,27,28)/t16?,22-/m0/s1. The minimum Gasteiger partial charge on any atom is -0.355 e. The molecule has 0 aliphatic rings. The SMILES string of the molecule is CCC(C)[C@H](NC)C(=O)NCCCC(c1ccc(F)cc1)c1ccc(F)cc1. The Morgan fingerprint density at radius 1 is 0.964 bits per heavy atom. The number of hydrogen-bond donors (Lipinski definition) is 2. The molecule has 152 valence electrons. The molecule has 28 heavy (non-hydrogen) atoms. The third-order valence-electron chi connectivity index (χ3n) is 5.32. The van der Waals surface area contributed by atoms with Gasteiger partial charge in [0.1, 0.15) is 11.6 Å². The van der Waals surface area contributed by atoms with Crippen LogP contribution < -0.4 is 10.6 Å². The lowest BCUT2D eigenvalue weighted by Crippen LogP contribution is -2.46. The Morgan fingerprint density at radius 3 is 1.89 bits per heavy atom. The Hall–Kier alpha value is -2.27. The zero-order chi connectivity index (χ0) is 20.5. The third kappa shape index (κ3) is 6.13. The number of benzene rings is 2. The smallest absolute Gasteiger partial charge is 0.237 e. The van der Waals surface area contributed by atoms with Crippen LogP contribution in [0.4, 0.5) is 8.78 Å². The summed E-state index contributed by atoms with van der Waals surface area (Å²) < 4.78 is 26.6. The summed E-state index contributed by atoms with van der Waals surface area (Å²) in [6.07, 6.45) is 2.46. The molecule has 2 aromatic carbocycles. The minimum atomic E-state index is -0.281. The van der Waals surface area contributed by atoms with Gasteiger partial charge in [0, 0.05) is 12.5 Å². The number of nitrogens with one attached hydrogen (secondary N) is 2. The van der Waals surface area contributed by atoms with Crippen molar-refractivity contribution in [2.45, 2.75) is 45.1 Å². The van der Waals surface area contributed by atoms with Crippen LogP contribution in [0.3, 0.4) is 0 Å². The van der Waals surface area contributed by atoms with Crippen molar-refractivity contribution >= 4 is 5.91 Å². The highest BCUT2D eigenvalue weighted by Gasteiger charge is 2.21. The van der Waals surface area contributed by atoms with Crippen LogP contribution in [0.25, 0.3) is 0 Å². The fraction of sp³-hybridized carbons (Fsp3) is 0.435. The summed E-state index contributed by atoms with van der Waals surface area (Å²) in [6, 6.07) is 12.6. The number of rotatable bonds is 10. The van der Waals surface area contributed by atoms with Gasteiger partial charge in [-0.25, -0.2) is 8.78 Å². The van der Waals surface area contributed by atoms with Gasteiger partial charge in [-0.2, -0.15) is 0 Å². The summed E-state index contributed by atoms with van der Waals surface area (Å²) in [6.45, 7) is 4.68. The number of hydrogen-bond acceptors (Lipinski definition) is 2. The van der Waals surface area contributed by atoms with E-state index in [1.54, 1.807) is 31.3 Å². The largest absolute Gasteiger partial charge is 0.355 e. The van der Waals surface area contributed by atoms with E-state index in [2.05, 4.69) is 24.5 Å². The second-order valence-corrected chi connectivity index (χ2v) is 7.24. The molecular weight excluding hydrogens is 358 g/mol. The summed E-state index contributed by atoms with van der Waals surface area (Å²) in [5.74, 6) is -0.269. The molecule has 2 atom stereocenters. The molecule has 0 aliphatic carbocycles. The molecule has 3 nitrogen and oxygen atoms in total. The summed E-state index contributed by atoms with van der Waals surface area (Å²) in [5, 5.41) is 6.09. The molecule has 2 N–H and O–H groups in total. The minimum absolute atomic E-state index is 0.0111. The average Bonchev–Trinajstić information content (AvgIpc) is 2.70. The predicted octanol–water partition coefficient (Wildman–Crippen LogP) is 4.63. The molecular formula is C23H30F2N2O. The fourth-order valence-electron chi connectivity index (χ4n) is 3.45. The maximum absolute atomic E-state index is 13.3. The molecule has 1 amide bonds. The lowest BCUT2D eigenvalue weighted by molar-refractivity contribution is -0.124. The first kappa shape index (κ1) is 22.0. The van der Waals surface area contributed by atoms with Crippen molar-refractivity contribution in [3.63, 3.8) is 0 Å². The Kier molecular flexibility index (Phi) is 8.58. The van der Waals surface area contributed by atoms with Crippen LogP contribution in [-0.2, 0) is 4.79 Å². The maximum Gasteiger partial charge on any atom is 0.237 e. The Balaban J connectivity index is 2.00. The maximum atomic E-state index is 13.3. The first-order valence-corrected chi connectivity index (χ1v) is 9.92. The predicted molar refractivity (Wildman–Crippen MR) is 109 cm³/mol. The highest BCUT2D eigenvalue weighted by molar-refractivity contribution is 5.81. The molecule has 5 heteroatoms. The Bertz CT molecular complexity index is 686. The average molecular weight is 389 g/mol. The van der Waals surface area contributed by atoms with Gasteiger partial charge in [-0.1, -0.05) is 44.5 Å². The quantitative estimate of drug-likeness (QED) is 0.583. The van der Waals surface area contributed by atoms with Gasteiger partial charge in [-0.15, -0.1) is 0 Å². The Morgan fingerprint density at radius 2 is 1.46 bits per heavy atom. The van der Waals surface area contributed by atoms with E-state index in [0.29, 0.717) is 6.54 Å². The third-order valence-corrected chi connectivity index (χ3v) is 5.32. The first-order valence-electron chi connectivity index (χ1n) is 9.92. The number of likely N-dealkylation sites (N-methyl/N-ethyl adjacent to an activating group) is 1. The van der Waals surface area contributed by atoms with Crippen LogP contribution >= 0.6 is 0 Å². The number of halogens is 2. The molecule has 0 fully saturated rings. The molecule has 0 heterocycles. The monoisotopic (exact) mass is 388 g/mol. The van der Waals surface area contributed by atoms with E-state index in [1.165, 1.54) is 24.3 Å². The summed E-state index contributed by atoms with van der Waals surface area (Å²) in [4.78, 5) is 12.4. The molecule has 2 rings (SSSR count). The van der Waals surface area contributed by atoms with Gasteiger partial charge in [0.2, 0.25) is 5.91 Å². The zero-order valence-corrected chi connectivity index (χ0v) is 16.8. The van der Waals surface area contributed by atoms with Gasteiger partial charge in [0.05, 0.1) is 6.04 Å². The van der Waals surface area contributed by atoms with Crippen molar-refractivity contribution in [3.05, 3.63) is 71.3 Å². The van der Waals surface area contributed by atoms with Gasteiger partial charge in [0.15, 0.2) is 0 Å². The van der Waals surface area contributed by atoms with Crippen LogP contribution in [-0.4, -0.2) is 25.5 Å². The fourth-order valence-corrected chi connectivity index (χ4v) is 3.45. The number of carbonyl (C=O) groups excluding carboxylic acids is 1. The van der Waals surface area contributed by atoms with E-state index in [0.717, 1.165) is 30.4 Å². The normalized spacial score (nSPS) is 13.4. The molecule has 0 radical (unpaired) electrons. The second kappa shape index (κ2) is 10.9. The van der Waals surface area contributed by atoms with Crippen molar-refractivity contribution in [2.24, 2.45) is 5.92 Å². The van der Waals surface area contributed by atoms with E-state index in [-0.39, 0.29) is 35.4 Å². The van der Waals surface area contributed by atoms with Gasteiger partial charge in [0.25, 0.3) is 0 Å². The summed E-state index contributed by atoms with van der Waals surface area (Å²) >= 11 is 0. The lowest BCUT2D eigenvalue weighted by atomic mass is 9.87. The first-order chi connectivity index (χ1) is 13.5. The zero-order valence-electron chi connectivity index (χ0n) is 16.8. The van der Waals surface area contributed by atoms with Crippen LogP contribution in [0.15, 0.2) is 48.5 Å². The van der Waals surface area contributed by atoms with Crippen molar-refractivity contribution in [3.8, 4) is 0 Å². The molecule has 2 aromatic rings. The van der Waals surface area contributed by atoms with E-state index < -0.39 is 0 Å². The Labute approximate surface area is 166 Å². The van der Waals surface area contributed by atoms with Crippen LogP contribution in [0.2, 0.25) is 0 Å². The van der Waals surface area contributed by atoms with Gasteiger partial charge in [-0.3, -0.25) is 4.79 Å². The van der Waals surface area contributed by atoms with Crippen molar-refractivity contribution in [1.82, 2.24) is 10.6 Å². The van der Waals surface area contributed by atoms with E-state index in [4.69, 9.17) is 0 Å². The van der Waals surface area contributed by atoms with Crippen molar-refractivity contribution in [1.29, 1.82) is 0 Å². The van der Waals surface area contributed by atoms with E-state index in [1.807, 2.05) is 0 Å².